The molecular formula is C25H24F5N9O3. The maximum Gasteiger partial charge on any atom is 0.453 e. The summed E-state index contributed by atoms with van der Waals surface area (Å²) in [5, 5.41) is 20.7. The van der Waals surface area contributed by atoms with Crippen LogP contribution in [0.3, 0.4) is 0 Å². The molecule has 1 aliphatic heterocycles. The maximum atomic E-state index is 13.6. The third-order valence-corrected chi connectivity index (χ3v) is 7.24. The number of nitrogens with zero attached hydrogens (tertiary/aromatic N) is 7. The van der Waals surface area contributed by atoms with Crippen molar-refractivity contribution in [1.29, 1.82) is 0 Å². The Morgan fingerprint density at radius 1 is 1.19 bits per heavy atom. The number of nitrogen functional groups attached to an aromatic ring is 1. The van der Waals surface area contributed by atoms with Crippen molar-refractivity contribution in [3.05, 3.63) is 41.9 Å². The first-order valence-corrected chi connectivity index (χ1v) is 12.5. The van der Waals surface area contributed by atoms with Crippen LogP contribution >= 0.6 is 0 Å². The third kappa shape index (κ3) is 4.57. The topological polar surface area (TPSA) is 167 Å². The highest BCUT2D eigenvalue weighted by Gasteiger charge is 2.57. The Bertz CT molecular complexity index is 1730. The molecule has 1 amide bonds. The Hall–Kier alpha value is -4.70. The summed E-state index contributed by atoms with van der Waals surface area (Å²) in [7, 11) is 0. The quantitative estimate of drug-likeness (QED) is 0.259. The van der Waals surface area contributed by atoms with Crippen molar-refractivity contribution >= 4 is 34.5 Å². The largest absolute Gasteiger partial charge is 0.481 e. The van der Waals surface area contributed by atoms with Gasteiger partial charge in [0, 0.05) is 30.9 Å². The van der Waals surface area contributed by atoms with Crippen LogP contribution in [0.5, 0.6) is 0 Å². The normalized spacial score (nSPS) is 17.5. The first-order valence-electron chi connectivity index (χ1n) is 12.5. The van der Waals surface area contributed by atoms with Gasteiger partial charge in [0.25, 0.3) is 0 Å². The van der Waals surface area contributed by atoms with Gasteiger partial charge in [-0.05, 0) is 32.9 Å². The van der Waals surface area contributed by atoms with Crippen molar-refractivity contribution in [2.24, 2.45) is 5.41 Å². The third-order valence-electron chi connectivity index (χ3n) is 7.24. The lowest BCUT2D eigenvalue weighted by molar-refractivity contribution is -0.285. The molecule has 0 saturated heterocycles. The number of alkyl halides is 5. The summed E-state index contributed by atoms with van der Waals surface area (Å²) in [4.78, 5) is 37.6. The number of rotatable bonds is 8. The molecule has 12 nitrogen and oxygen atoms in total. The molecule has 0 aliphatic carbocycles. The molecule has 4 aromatic rings. The second kappa shape index (κ2) is 9.42. The number of carbonyl (C=O) groups excluding carboxylic acids is 1. The summed E-state index contributed by atoms with van der Waals surface area (Å²) >= 11 is 0. The number of aliphatic carboxylic acids is 1. The summed E-state index contributed by atoms with van der Waals surface area (Å²) in [5.74, 6) is -6.68. The average Bonchev–Trinajstić information content (AvgIpc) is 3.57. The zero-order valence-corrected chi connectivity index (χ0v) is 22.4. The van der Waals surface area contributed by atoms with E-state index in [-0.39, 0.29) is 46.3 Å². The van der Waals surface area contributed by atoms with Gasteiger partial charge in [-0.15, -0.1) is 0 Å². The Morgan fingerprint density at radius 3 is 2.57 bits per heavy atom. The van der Waals surface area contributed by atoms with E-state index in [1.807, 2.05) is 0 Å². The van der Waals surface area contributed by atoms with Gasteiger partial charge < -0.3 is 16.2 Å². The number of pyridine rings is 1. The molecule has 5 heterocycles. The van der Waals surface area contributed by atoms with Crippen molar-refractivity contribution in [2.45, 2.75) is 57.8 Å². The van der Waals surface area contributed by atoms with E-state index in [1.165, 1.54) is 49.3 Å². The van der Waals surface area contributed by atoms with E-state index in [0.29, 0.717) is 5.56 Å². The summed E-state index contributed by atoms with van der Waals surface area (Å²) in [6.45, 7) is 3.86. The van der Waals surface area contributed by atoms with Crippen LogP contribution in [0.4, 0.5) is 33.6 Å². The highest BCUT2D eigenvalue weighted by molar-refractivity contribution is 6.09. The van der Waals surface area contributed by atoms with E-state index in [9.17, 15) is 36.6 Å². The molecule has 4 aromatic heterocycles. The monoisotopic (exact) mass is 593 g/mol. The highest BCUT2D eigenvalue weighted by Crippen LogP contribution is 2.45. The van der Waals surface area contributed by atoms with E-state index < -0.39 is 47.8 Å². The number of nitrogens with two attached hydrogens (primary N) is 1. The maximum absolute atomic E-state index is 13.6. The van der Waals surface area contributed by atoms with Crippen LogP contribution in [0, 0.1) is 5.41 Å². The lowest BCUT2D eigenvalue weighted by atomic mass is 9.79. The van der Waals surface area contributed by atoms with E-state index in [2.05, 4.69) is 30.5 Å². The van der Waals surface area contributed by atoms with Crippen LogP contribution in [0.1, 0.15) is 38.3 Å². The fourth-order valence-electron chi connectivity index (χ4n) is 4.69. The van der Waals surface area contributed by atoms with Gasteiger partial charge >= 0.3 is 18.1 Å². The Morgan fingerprint density at radius 2 is 1.90 bits per heavy atom. The molecule has 222 valence electrons. The van der Waals surface area contributed by atoms with Gasteiger partial charge in [-0.25, -0.2) is 19.6 Å². The molecule has 0 radical (unpaired) electrons. The number of carboxylic acids is 1. The summed E-state index contributed by atoms with van der Waals surface area (Å²) in [6.07, 6.45) is -3.02. The number of carboxylic acid groups (broad SMARTS) is 1. The molecule has 1 atom stereocenters. The summed E-state index contributed by atoms with van der Waals surface area (Å²) in [5.41, 5.74) is 4.43. The van der Waals surface area contributed by atoms with Gasteiger partial charge in [-0.3, -0.25) is 14.3 Å². The first kappa shape index (κ1) is 28.8. The molecule has 0 aromatic carbocycles. The van der Waals surface area contributed by atoms with Crippen LogP contribution < -0.4 is 11.1 Å². The Balaban J connectivity index is 1.53. The van der Waals surface area contributed by atoms with Crippen LogP contribution in [0.25, 0.3) is 22.6 Å². The van der Waals surface area contributed by atoms with E-state index >= 15 is 0 Å². The van der Waals surface area contributed by atoms with Crippen LogP contribution in [-0.4, -0.2) is 63.6 Å². The smallest absolute Gasteiger partial charge is 0.453 e. The number of fused-ring (bicyclic) bond motifs is 2. The number of carbonyl (C=O) groups is 2. The lowest BCUT2D eigenvalue weighted by Gasteiger charge is -2.22. The van der Waals surface area contributed by atoms with E-state index in [4.69, 9.17) is 5.73 Å². The fraction of sp³-hybridized carbons (Fsp3) is 0.400. The lowest BCUT2D eigenvalue weighted by Crippen LogP contribution is -2.37. The Kier molecular flexibility index (Phi) is 6.46. The number of amides is 1. The number of anilines is 2. The molecule has 0 bridgehead atoms. The predicted octanol–water partition coefficient (Wildman–Crippen LogP) is 3.62. The number of hydrogen-bond acceptors (Lipinski definition) is 8. The number of halogens is 5. The van der Waals surface area contributed by atoms with Crippen molar-refractivity contribution in [1.82, 2.24) is 34.5 Å². The minimum atomic E-state index is -5.72. The molecule has 0 spiro atoms. The average molecular weight is 594 g/mol. The van der Waals surface area contributed by atoms with Gasteiger partial charge in [-0.2, -0.15) is 32.1 Å². The number of aryl methyl sites for hydroxylation is 1. The predicted molar refractivity (Wildman–Crippen MR) is 137 cm³/mol. The van der Waals surface area contributed by atoms with Crippen molar-refractivity contribution in [3.63, 3.8) is 0 Å². The van der Waals surface area contributed by atoms with Gasteiger partial charge in [-0.1, -0.05) is 0 Å². The highest BCUT2D eigenvalue weighted by atomic mass is 19.4. The SMILES string of the molecule is CC(C)(Cn1cc(C2(C)C(=O)Nc3nc(-c4nn(CCC(F)(F)C(F)(F)F)c5ncccc45)nc(N)c32)cn1)C(=O)O. The second-order valence-electron chi connectivity index (χ2n) is 10.7. The van der Waals surface area contributed by atoms with Crippen LogP contribution in [0.2, 0.25) is 0 Å². The fourth-order valence-corrected chi connectivity index (χ4v) is 4.69. The molecule has 5 rings (SSSR count). The van der Waals surface area contributed by atoms with Gasteiger partial charge in [0.2, 0.25) is 5.91 Å². The standard InChI is InChI=1S/C25H24F5N9O3/c1-22(2,21(41)42)11-38-10-12(9-33-38)23(3)14-16(31)34-18(35-17(14)36-20(23)40)15-13-5-4-7-32-19(13)39(37-15)8-6-24(26,27)25(28,29)30/h4-5,7,9-10H,6,8,11H2,1-3H3,(H,41,42)(H3,31,34,35,36,40). The Labute approximate surface area is 233 Å². The van der Waals surface area contributed by atoms with Crippen LogP contribution in [0.15, 0.2) is 30.7 Å². The van der Waals surface area contributed by atoms with Gasteiger partial charge in [0.1, 0.15) is 22.7 Å². The molecule has 17 heteroatoms. The second-order valence-corrected chi connectivity index (χ2v) is 10.7. The van der Waals surface area contributed by atoms with Crippen LogP contribution in [-0.2, 0) is 28.1 Å². The molecule has 1 aliphatic rings. The zero-order valence-electron chi connectivity index (χ0n) is 22.4. The van der Waals surface area contributed by atoms with Gasteiger partial charge in [0.15, 0.2) is 11.5 Å². The number of aromatic nitrogens is 7. The summed E-state index contributed by atoms with van der Waals surface area (Å²) < 4.78 is 67.7. The van der Waals surface area contributed by atoms with E-state index in [1.54, 1.807) is 6.92 Å². The molecular weight excluding hydrogens is 569 g/mol. The minimum Gasteiger partial charge on any atom is -0.481 e. The molecule has 0 saturated carbocycles. The minimum absolute atomic E-state index is 0.00880. The molecule has 4 N–H and O–H groups in total. The van der Waals surface area contributed by atoms with Crippen molar-refractivity contribution in [3.8, 4) is 11.5 Å². The van der Waals surface area contributed by atoms with Crippen molar-refractivity contribution in [2.75, 3.05) is 11.1 Å². The number of nitrogens with one attached hydrogen (secondary N) is 1. The molecule has 42 heavy (non-hydrogen) atoms. The van der Waals surface area contributed by atoms with Crippen molar-refractivity contribution < 1.29 is 36.6 Å². The zero-order chi connectivity index (χ0) is 30.8. The molecule has 1 unspecified atom stereocenters. The summed E-state index contributed by atoms with van der Waals surface area (Å²) in [6, 6.07) is 3.03. The van der Waals surface area contributed by atoms with E-state index in [0.717, 1.165) is 4.68 Å². The first-order chi connectivity index (χ1) is 19.5. The molecule has 0 fully saturated rings. The van der Waals surface area contributed by atoms with Gasteiger partial charge in [0.05, 0.1) is 29.1 Å². The number of hydrogen-bond donors (Lipinski definition) is 3.